The van der Waals surface area contributed by atoms with Crippen LogP contribution in [0.25, 0.3) is 78.7 Å². The van der Waals surface area contributed by atoms with Crippen LogP contribution in [0.1, 0.15) is 25.0 Å². The molecule has 7 aromatic carbocycles. The molecule has 0 bridgehead atoms. The molecule has 0 saturated heterocycles. The molecule has 0 spiro atoms. The smallest absolute Gasteiger partial charge is 0.164 e. The summed E-state index contributed by atoms with van der Waals surface area (Å²) in [4.78, 5) is 15.0. The predicted octanol–water partition coefficient (Wildman–Crippen LogP) is 12.2. The van der Waals surface area contributed by atoms with E-state index >= 15 is 0 Å². The maximum absolute atomic E-state index is 5.04. The fourth-order valence-corrected chi connectivity index (χ4v) is 7.41. The second-order valence-corrected chi connectivity index (χ2v) is 13.7. The van der Waals surface area contributed by atoms with Gasteiger partial charge in [-0.1, -0.05) is 172 Å². The first-order valence-corrected chi connectivity index (χ1v) is 17.4. The number of fused-ring (bicyclic) bond motifs is 3. The van der Waals surface area contributed by atoms with Crippen LogP contribution < -0.4 is 0 Å². The summed E-state index contributed by atoms with van der Waals surface area (Å²) in [6.07, 6.45) is 0. The van der Waals surface area contributed by atoms with Gasteiger partial charge in [-0.15, -0.1) is 0 Å². The van der Waals surface area contributed by atoms with E-state index in [0.717, 1.165) is 33.4 Å². The van der Waals surface area contributed by atoms with Crippen LogP contribution >= 0.6 is 0 Å². The average molecular weight is 654 g/mol. The molecular weight excluding hydrogens is 619 g/mol. The number of aromatic nitrogens is 3. The highest BCUT2D eigenvalue weighted by molar-refractivity contribution is 5.85. The van der Waals surface area contributed by atoms with E-state index in [1.54, 1.807) is 0 Å². The first-order valence-electron chi connectivity index (χ1n) is 17.4. The van der Waals surface area contributed by atoms with E-state index in [0.29, 0.717) is 17.5 Å². The third-order valence-corrected chi connectivity index (χ3v) is 10.2. The topological polar surface area (TPSA) is 38.7 Å². The molecule has 3 nitrogen and oxygen atoms in total. The Balaban J connectivity index is 1.09. The zero-order chi connectivity index (χ0) is 34.4. The van der Waals surface area contributed by atoms with Crippen molar-refractivity contribution in [2.45, 2.75) is 19.3 Å². The molecule has 51 heavy (non-hydrogen) atoms. The number of benzene rings is 7. The van der Waals surface area contributed by atoms with Crippen LogP contribution in [0.4, 0.5) is 0 Å². The fraction of sp³-hybridized carbons (Fsp3) is 0.0625. The summed E-state index contributed by atoms with van der Waals surface area (Å²) >= 11 is 0. The third-order valence-electron chi connectivity index (χ3n) is 10.2. The van der Waals surface area contributed by atoms with E-state index in [-0.39, 0.29) is 5.41 Å². The van der Waals surface area contributed by atoms with Crippen LogP contribution in [-0.4, -0.2) is 15.0 Å². The largest absolute Gasteiger partial charge is 0.208 e. The molecule has 8 aromatic rings. The Morgan fingerprint density at radius 1 is 0.294 bits per heavy atom. The zero-order valence-electron chi connectivity index (χ0n) is 28.6. The molecule has 242 valence electrons. The summed E-state index contributed by atoms with van der Waals surface area (Å²) in [5.74, 6) is 1.94. The minimum absolute atomic E-state index is 0.00632. The van der Waals surface area contributed by atoms with Gasteiger partial charge < -0.3 is 0 Å². The lowest BCUT2D eigenvalue weighted by Gasteiger charge is -2.21. The van der Waals surface area contributed by atoms with Crippen LogP contribution in [-0.2, 0) is 5.41 Å². The molecule has 1 aliphatic carbocycles. The van der Waals surface area contributed by atoms with Gasteiger partial charge in [-0.2, -0.15) is 0 Å². The summed E-state index contributed by atoms with van der Waals surface area (Å²) in [7, 11) is 0. The molecule has 0 atom stereocenters. The molecule has 0 aliphatic heterocycles. The van der Waals surface area contributed by atoms with Gasteiger partial charge in [-0.3, -0.25) is 0 Å². The van der Waals surface area contributed by atoms with Gasteiger partial charge in [0.05, 0.1) is 0 Å². The molecule has 1 aliphatic rings. The normalized spacial score (nSPS) is 12.7. The van der Waals surface area contributed by atoms with Gasteiger partial charge in [0.1, 0.15) is 0 Å². The van der Waals surface area contributed by atoms with E-state index < -0.39 is 0 Å². The molecule has 0 unspecified atom stereocenters. The second kappa shape index (κ2) is 12.5. The lowest BCUT2D eigenvalue weighted by atomic mass is 9.82. The average Bonchev–Trinajstić information content (AvgIpc) is 3.44. The lowest BCUT2D eigenvalue weighted by molar-refractivity contribution is 0.660. The van der Waals surface area contributed by atoms with E-state index in [1.165, 1.54) is 38.9 Å². The minimum Gasteiger partial charge on any atom is -0.208 e. The van der Waals surface area contributed by atoms with E-state index in [1.807, 2.05) is 36.4 Å². The Kier molecular flexibility index (Phi) is 7.48. The van der Waals surface area contributed by atoms with Crippen LogP contribution in [0.5, 0.6) is 0 Å². The highest BCUT2D eigenvalue weighted by atomic mass is 15.0. The number of rotatable bonds is 6. The van der Waals surface area contributed by atoms with E-state index in [2.05, 4.69) is 153 Å². The fourth-order valence-electron chi connectivity index (χ4n) is 7.41. The summed E-state index contributed by atoms with van der Waals surface area (Å²) in [5, 5.41) is 0. The number of hydrogen-bond donors (Lipinski definition) is 0. The molecule has 1 aromatic heterocycles. The standard InChI is InChI=1S/C48H35N3/c1-48(2)43-22-10-9-21-41(43)42-31-39(27-28-44(42)48)37-18-11-17-36(29-37)38-19-12-20-40(30-38)47-50-45(34-15-7-4-8-16-34)49-46(51-47)35-25-23-33(24-26-35)32-13-5-3-6-14-32/h3-31H,1-2H3. The minimum atomic E-state index is -0.00632. The summed E-state index contributed by atoms with van der Waals surface area (Å²) in [6.45, 7) is 4.65. The van der Waals surface area contributed by atoms with E-state index in [9.17, 15) is 0 Å². The molecular formula is C48H35N3. The molecule has 0 amide bonds. The van der Waals surface area contributed by atoms with E-state index in [4.69, 9.17) is 15.0 Å². The van der Waals surface area contributed by atoms with Gasteiger partial charge in [0.25, 0.3) is 0 Å². The summed E-state index contributed by atoms with van der Waals surface area (Å²) in [6, 6.07) is 62.1. The van der Waals surface area contributed by atoms with Gasteiger partial charge in [0.2, 0.25) is 0 Å². The Labute approximate surface area is 299 Å². The van der Waals surface area contributed by atoms with Gasteiger partial charge in [-0.05, 0) is 73.8 Å². The lowest BCUT2D eigenvalue weighted by Crippen LogP contribution is -2.14. The first kappa shape index (κ1) is 30.6. The van der Waals surface area contributed by atoms with Crippen molar-refractivity contribution < 1.29 is 0 Å². The number of hydrogen-bond acceptors (Lipinski definition) is 3. The van der Waals surface area contributed by atoms with Crippen molar-refractivity contribution in [1.82, 2.24) is 15.0 Å². The van der Waals surface area contributed by atoms with Crippen molar-refractivity contribution in [3.63, 3.8) is 0 Å². The Bertz CT molecular complexity index is 2530. The molecule has 1 heterocycles. The molecule has 0 radical (unpaired) electrons. The monoisotopic (exact) mass is 653 g/mol. The number of nitrogens with zero attached hydrogens (tertiary/aromatic N) is 3. The van der Waals surface area contributed by atoms with Crippen molar-refractivity contribution in [1.29, 1.82) is 0 Å². The van der Waals surface area contributed by atoms with Gasteiger partial charge in [-0.25, -0.2) is 15.0 Å². The Hall–Kier alpha value is -6.45. The predicted molar refractivity (Wildman–Crippen MR) is 210 cm³/mol. The highest BCUT2D eigenvalue weighted by Crippen LogP contribution is 2.49. The highest BCUT2D eigenvalue weighted by Gasteiger charge is 2.35. The maximum atomic E-state index is 5.04. The second-order valence-electron chi connectivity index (χ2n) is 13.7. The van der Waals surface area contributed by atoms with Crippen molar-refractivity contribution in [2.75, 3.05) is 0 Å². The molecule has 0 fully saturated rings. The molecule has 9 rings (SSSR count). The van der Waals surface area contributed by atoms with Gasteiger partial charge in [0, 0.05) is 22.1 Å². The summed E-state index contributed by atoms with van der Waals surface area (Å²) in [5.41, 5.74) is 15.3. The van der Waals surface area contributed by atoms with Crippen LogP contribution in [0, 0.1) is 0 Å². The Morgan fingerprint density at radius 3 is 1.33 bits per heavy atom. The third kappa shape index (κ3) is 5.63. The van der Waals surface area contributed by atoms with Crippen molar-refractivity contribution in [3.8, 4) is 78.7 Å². The van der Waals surface area contributed by atoms with Crippen molar-refractivity contribution in [3.05, 3.63) is 187 Å². The molecule has 0 saturated carbocycles. The van der Waals surface area contributed by atoms with Crippen LogP contribution in [0.2, 0.25) is 0 Å². The Morgan fingerprint density at radius 2 is 0.686 bits per heavy atom. The maximum Gasteiger partial charge on any atom is 0.164 e. The van der Waals surface area contributed by atoms with Crippen molar-refractivity contribution >= 4 is 0 Å². The zero-order valence-corrected chi connectivity index (χ0v) is 28.6. The SMILES string of the molecule is CC1(C)c2ccccc2-c2cc(-c3cccc(-c4cccc(-c5nc(-c6ccccc6)nc(-c6ccc(-c7ccccc7)cc6)n5)c4)c3)ccc21. The van der Waals surface area contributed by atoms with Gasteiger partial charge in [0.15, 0.2) is 17.5 Å². The first-order chi connectivity index (χ1) is 25.0. The quantitative estimate of drug-likeness (QED) is 0.179. The van der Waals surface area contributed by atoms with Crippen molar-refractivity contribution in [2.24, 2.45) is 0 Å². The van der Waals surface area contributed by atoms with Crippen LogP contribution in [0.15, 0.2) is 176 Å². The molecule has 3 heteroatoms. The van der Waals surface area contributed by atoms with Gasteiger partial charge >= 0.3 is 0 Å². The molecule has 0 N–H and O–H groups in total. The summed E-state index contributed by atoms with van der Waals surface area (Å²) < 4.78 is 0. The van der Waals surface area contributed by atoms with Crippen LogP contribution in [0.3, 0.4) is 0 Å².